The molecule has 0 radical (unpaired) electrons. The van der Waals surface area contributed by atoms with Gasteiger partial charge in [0.15, 0.2) is 0 Å². The van der Waals surface area contributed by atoms with Crippen molar-refractivity contribution in [2.24, 2.45) is 5.92 Å². The van der Waals surface area contributed by atoms with Gasteiger partial charge in [0, 0.05) is 18.3 Å². The van der Waals surface area contributed by atoms with Crippen LogP contribution in [0.1, 0.15) is 58.4 Å². The molecule has 0 aliphatic heterocycles. The minimum atomic E-state index is 0.0854. The summed E-state index contributed by atoms with van der Waals surface area (Å²) >= 11 is 0. The van der Waals surface area contributed by atoms with Crippen LogP contribution in [0, 0.1) is 5.92 Å². The van der Waals surface area contributed by atoms with Crippen LogP contribution >= 0.6 is 0 Å². The van der Waals surface area contributed by atoms with Crippen LogP contribution in [-0.2, 0) is 12.1 Å². The van der Waals surface area contributed by atoms with Gasteiger partial charge in [-0.25, -0.2) is 0 Å². The van der Waals surface area contributed by atoms with Crippen molar-refractivity contribution in [1.82, 2.24) is 15.1 Å². The average molecular weight is 249 g/mol. The van der Waals surface area contributed by atoms with Gasteiger partial charge in [-0.1, -0.05) is 25.7 Å². The maximum Gasteiger partial charge on any atom is 0.0543 e. The Labute approximate surface area is 111 Å². The lowest BCUT2D eigenvalue weighted by Crippen LogP contribution is -2.22. The third-order valence-electron chi connectivity index (χ3n) is 3.86. The predicted octanol–water partition coefficient (Wildman–Crippen LogP) is 3.31. The Kier molecular flexibility index (Phi) is 4.44. The molecule has 1 heterocycles. The molecule has 1 aliphatic rings. The van der Waals surface area contributed by atoms with Gasteiger partial charge in [-0.15, -0.1) is 0 Å². The largest absolute Gasteiger partial charge is 0.313 e. The quantitative estimate of drug-likeness (QED) is 0.811. The molecule has 3 heteroatoms. The fraction of sp³-hybridized carbons (Fsp3) is 0.800. The molecule has 18 heavy (non-hydrogen) atoms. The highest BCUT2D eigenvalue weighted by atomic mass is 15.3. The second kappa shape index (κ2) is 5.87. The Bertz CT molecular complexity index is 356. The molecular weight excluding hydrogens is 222 g/mol. The summed E-state index contributed by atoms with van der Waals surface area (Å²) in [7, 11) is 0. The normalized spacial score (nSPS) is 17.5. The smallest absolute Gasteiger partial charge is 0.0543 e. The maximum atomic E-state index is 4.42. The van der Waals surface area contributed by atoms with Crippen molar-refractivity contribution in [1.29, 1.82) is 0 Å². The second-order valence-corrected chi connectivity index (χ2v) is 6.58. The minimum absolute atomic E-state index is 0.0854. The van der Waals surface area contributed by atoms with Gasteiger partial charge in [0.25, 0.3) is 0 Å². The first-order valence-electron chi connectivity index (χ1n) is 7.30. The fourth-order valence-corrected chi connectivity index (χ4v) is 2.66. The summed E-state index contributed by atoms with van der Waals surface area (Å²) in [5.41, 5.74) is 1.37. The highest BCUT2D eigenvalue weighted by molar-refractivity contribution is 5.04. The van der Waals surface area contributed by atoms with Gasteiger partial charge in [-0.3, -0.25) is 4.68 Å². The zero-order valence-corrected chi connectivity index (χ0v) is 12.1. The summed E-state index contributed by atoms with van der Waals surface area (Å²) in [6.45, 7) is 8.63. The van der Waals surface area contributed by atoms with E-state index in [-0.39, 0.29) is 5.54 Å². The molecule has 1 fully saturated rings. The number of nitrogens with one attached hydrogen (secondary N) is 1. The van der Waals surface area contributed by atoms with E-state index in [9.17, 15) is 0 Å². The van der Waals surface area contributed by atoms with Crippen molar-refractivity contribution in [2.75, 3.05) is 6.54 Å². The van der Waals surface area contributed by atoms with Gasteiger partial charge in [0.05, 0.1) is 11.7 Å². The molecule has 3 nitrogen and oxygen atoms in total. The van der Waals surface area contributed by atoms with E-state index >= 15 is 0 Å². The van der Waals surface area contributed by atoms with Crippen molar-refractivity contribution < 1.29 is 0 Å². The molecule has 0 saturated heterocycles. The first-order valence-corrected chi connectivity index (χ1v) is 7.30. The van der Waals surface area contributed by atoms with Gasteiger partial charge in [0.2, 0.25) is 0 Å². The van der Waals surface area contributed by atoms with E-state index in [1.165, 1.54) is 37.7 Å². The Balaban J connectivity index is 1.68. The summed E-state index contributed by atoms with van der Waals surface area (Å²) in [5, 5.41) is 7.96. The third kappa shape index (κ3) is 3.84. The molecule has 0 aromatic carbocycles. The molecule has 0 amide bonds. The summed E-state index contributed by atoms with van der Waals surface area (Å²) < 4.78 is 2.04. The second-order valence-electron chi connectivity index (χ2n) is 6.58. The highest BCUT2D eigenvalue weighted by Gasteiger charge is 2.15. The third-order valence-corrected chi connectivity index (χ3v) is 3.86. The van der Waals surface area contributed by atoms with Gasteiger partial charge in [-0.2, -0.15) is 5.10 Å². The number of nitrogens with zero attached hydrogens (tertiary/aromatic N) is 2. The Morgan fingerprint density at radius 3 is 2.67 bits per heavy atom. The Morgan fingerprint density at radius 2 is 2.06 bits per heavy atom. The van der Waals surface area contributed by atoms with Crippen molar-refractivity contribution in [3.63, 3.8) is 0 Å². The molecule has 2 rings (SSSR count). The van der Waals surface area contributed by atoms with Gasteiger partial charge >= 0.3 is 0 Å². The number of hydrogen-bond acceptors (Lipinski definition) is 2. The van der Waals surface area contributed by atoms with E-state index in [1.807, 2.05) is 10.9 Å². The number of rotatable bonds is 5. The first-order chi connectivity index (χ1) is 8.55. The maximum absolute atomic E-state index is 4.42. The number of hydrogen-bond donors (Lipinski definition) is 1. The van der Waals surface area contributed by atoms with Crippen LogP contribution in [0.5, 0.6) is 0 Å². The first kappa shape index (κ1) is 13.6. The predicted molar refractivity (Wildman–Crippen MR) is 75.5 cm³/mol. The molecule has 0 bridgehead atoms. The van der Waals surface area contributed by atoms with E-state index in [1.54, 1.807) is 0 Å². The van der Waals surface area contributed by atoms with Crippen LogP contribution < -0.4 is 5.32 Å². The highest BCUT2D eigenvalue weighted by Crippen LogP contribution is 2.26. The molecular formula is C15H27N3. The van der Waals surface area contributed by atoms with Gasteiger partial charge < -0.3 is 5.32 Å². The SMILES string of the molecule is CC(C)(C)n1cc(CNCCC2CCCC2)cn1. The van der Waals surface area contributed by atoms with Crippen LogP contribution in [0.3, 0.4) is 0 Å². The van der Waals surface area contributed by atoms with E-state index in [0.29, 0.717) is 0 Å². The molecule has 0 atom stereocenters. The molecule has 1 aromatic heterocycles. The van der Waals surface area contributed by atoms with Crippen LogP contribution in [0.4, 0.5) is 0 Å². The zero-order valence-electron chi connectivity index (χ0n) is 12.1. The van der Waals surface area contributed by atoms with Crippen molar-refractivity contribution in [2.45, 2.75) is 65.0 Å². The number of aromatic nitrogens is 2. The standard InChI is InChI=1S/C15H27N3/c1-15(2,3)18-12-14(11-17-18)10-16-9-8-13-6-4-5-7-13/h11-13,16H,4-10H2,1-3H3. The molecule has 0 spiro atoms. The molecule has 102 valence electrons. The molecule has 1 saturated carbocycles. The van der Waals surface area contributed by atoms with E-state index in [2.05, 4.69) is 37.4 Å². The van der Waals surface area contributed by atoms with Crippen LogP contribution in [0.15, 0.2) is 12.4 Å². The van der Waals surface area contributed by atoms with Gasteiger partial charge in [0.1, 0.15) is 0 Å². The average Bonchev–Trinajstić information content (AvgIpc) is 2.95. The monoisotopic (exact) mass is 249 g/mol. The lowest BCUT2D eigenvalue weighted by atomic mass is 10.0. The van der Waals surface area contributed by atoms with E-state index < -0.39 is 0 Å². The Morgan fingerprint density at radius 1 is 1.33 bits per heavy atom. The summed E-state index contributed by atoms with van der Waals surface area (Å²) in [5.74, 6) is 0.981. The summed E-state index contributed by atoms with van der Waals surface area (Å²) in [6, 6.07) is 0. The lowest BCUT2D eigenvalue weighted by molar-refractivity contribution is 0.355. The van der Waals surface area contributed by atoms with E-state index in [0.717, 1.165) is 19.0 Å². The van der Waals surface area contributed by atoms with Crippen LogP contribution in [0.25, 0.3) is 0 Å². The van der Waals surface area contributed by atoms with Crippen molar-refractivity contribution in [3.05, 3.63) is 18.0 Å². The minimum Gasteiger partial charge on any atom is -0.313 e. The van der Waals surface area contributed by atoms with Gasteiger partial charge in [-0.05, 0) is 39.7 Å². The molecule has 1 N–H and O–H groups in total. The van der Waals surface area contributed by atoms with E-state index in [4.69, 9.17) is 0 Å². The van der Waals surface area contributed by atoms with Crippen LogP contribution in [-0.4, -0.2) is 16.3 Å². The fourth-order valence-electron chi connectivity index (χ4n) is 2.66. The molecule has 0 unspecified atom stereocenters. The van der Waals surface area contributed by atoms with Crippen molar-refractivity contribution >= 4 is 0 Å². The lowest BCUT2D eigenvalue weighted by Gasteiger charge is -2.18. The zero-order chi connectivity index (χ0) is 13.0. The topological polar surface area (TPSA) is 29.9 Å². The molecule has 1 aromatic rings. The Hall–Kier alpha value is -0.830. The summed E-state index contributed by atoms with van der Waals surface area (Å²) in [6.07, 6.45) is 11.3. The van der Waals surface area contributed by atoms with Crippen molar-refractivity contribution in [3.8, 4) is 0 Å². The molecule has 1 aliphatic carbocycles. The van der Waals surface area contributed by atoms with Crippen LogP contribution in [0.2, 0.25) is 0 Å². The summed E-state index contributed by atoms with van der Waals surface area (Å²) in [4.78, 5) is 0.